The van der Waals surface area contributed by atoms with Crippen LogP contribution < -0.4 is 19.7 Å². The fourth-order valence-electron chi connectivity index (χ4n) is 3.92. The molecule has 35 heavy (non-hydrogen) atoms. The highest BCUT2D eigenvalue weighted by atomic mass is 35.5. The predicted octanol–water partition coefficient (Wildman–Crippen LogP) is 6.62. The number of benzene rings is 3. The number of rotatable bonds is 7. The monoisotopic (exact) mass is 506 g/mol. The van der Waals surface area contributed by atoms with E-state index in [1.165, 1.54) is 4.90 Å². The highest BCUT2D eigenvalue weighted by molar-refractivity contribution is 7.80. The van der Waals surface area contributed by atoms with Gasteiger partial charge in [-0.25, -0.2) is 0 Å². The number of para-hydroxylation sites is 1. The summed E-state index contributed by atoms with van der Waals surface area (Å²) in [6.45, 7) is 6.48. The van der Waals surface area contributed by atoms with E-state index in [9.17, 15) is 4.79 Å². The number of aryl methyl sites for hydroxylation is 1. The Kier molecular flexibility index (Phi) is 7.43. The van der Waals surface area contributed by atoms with Gasteiger partial charge in [0.15, 0.2) is 5.11 Å². The van der Waals surface area contributed by atoms with Gasteiger partial charge in [0.2, 0.25) is 0 Å². The number of ether oxygens (including phenoxy) is 2. The van der Waals surface area contributed by atoms with Crippen LogP contribution in [0.2, 0.25) is 5.02 Å². The Bertz CT molecular complexity index is 1310. The van der Waals surface area contributed by atoms with E-state index in [0.717, 1.165) is 38.7 Å². The zero-order valence-corrected chi connectivity index (χ0v) is 21.7. The van der Waals surface area contributed by atoms with Gasteiger partial charge < -0.3 is 14.8 Å². The van der Waals surface area contributed by atoms with Crippen molar-refractivity contribution in [1.29, 1.82) is 0 Å². The summed E-state index contributed by atoms with van der Waals surface area (Å²) in [6, 6.07) is 19.0. The van der Waals surface area contributed by atoms with Crippen molar-refractivity contribution < 1.29 is 14.3 Å². The van der Waals surface area contributed by atoms with Gasteiger partial charge >= 0.3 is 0 Å². The van der Waals surface area contributed by atoms with Crippen LogP contribution in [0.4, 0.5) is 5.69 Å². The molecule has 0 aromatic heterocycles. The summed E-state index contributed by atoms with van der Waals surface area (Å²) < 4.78 is 11.8. The number of nitrogens with one attached hydrogen (secondary N) is 1. The average molecular weight is 507 g/mol. The molecule has 0 atom stereocenters. The van der Waals surface area contributed by atoms with Crippen molar-refractivity contribution in [2.45, 2.75) is 33.3 Å². The second-order valence-electron chi connectivity index (χ2n) is 8.62. The van der Waals surface area contributed by atoms with Crippen LogP contribution in [-0.4, -0.2) is 18.1 Å². The first-order valence-corrected chi connectivity index (χ1v) is 12.1. The van der Waals surface area contributed by atoms with Crippen molar-refractivity contribution in [2.75, 3.05) is 12.0 Å². The lowest BCUT2D eigenvalue weighted by Gasteiger charge is -2.17. The molecule has 1 saturated heterocycles. The Morgan fingerprint density at radius 2 is 1.83 bits per heavy atom. The van der Waals surface area contributed by atoms with Gasteiger partial charge in [0, 0.05) is 10.6 Å². The standard InChI is InChI=1S/C28H27ClN2O3S/c1-17(2)22-15-23(29)18(3)12-26(22)34-16-20-13-19(10-11-25(20)33-4)14-24-27(32)31(28(35)30-24)21-8-6-5-7-9-21/h5-15,17H,16H2,1-4H3,(H,30,35)/b24-14+. The zero-order chi connectivity index (χ0) is 25.1. The minimum absolute atomic E-state index is 0.201. The van der Waals surface area contributed by atoms with Crippen molar-refractivity contribution in [3.8, 4) is 11.5 Å². The van der Waals surface area contributed by atoms with Gasteiger partial charge in [-0.05, 0) is 84.2 Å². The molecule has 7 heteroatoms. The molecule has 1 N–H and O–H groups in total. The van der Waals surface area contributed by atoms with Gasteiger partial charge in [-0.1, -0.05) is 49.7 Å². The molecule has 3 aromatic carbocycles. The third-order valence-corrected chi connectivity index (χ3v) is 6.50. The number of carbonyl (C=O) groups is 1. The summed E-state index contributed by atoms with van der Waals surface area (Å²) in [6.07, 6.45) is 1.78. The van der Waals surface area contributed by atoms with E-state index in [1.807, 2.05) is 67.6 Å². The minimum atomic E-state index is -0.201. The minimum Gasteiger partial charge on any atom is -0.496 e. The van der Waals surface area contributed by atoms with Gasteiger partial charge in [0.25, 0.3) is 5.91 Å². The molecule has 5 nitrogen and oxygen atoms in total. The molecule has 1 fully saturated rings. The largest absolute Gasteiger partial charge is 0.496 e. The van der Waals surface area contributed by atoms with E-state index in [1.54, 1.807) is 13.2 Å². The summed E-state index contributed by atoms with van der Waals surface area (Å²) in [5.74, 6) is 1.56. The molecule has 1 aliphatic rings. The number of hydrogen-bond donors (Lipinski definition) is 1. The molecule has 3 aromatic rings. The number of amides is 1. The van der Waals surface area contributed by atoms with Crippen molar-refractivity contribution in [3.05, 3.63) is 93.6 Å². The van der Waals surface area contributed by atoms with E-state index in [4.69, 9.17) is 33.3 Å². The number of nitrogens with zero attached hydrogens (tertiary/aromatic N) is 1. The molecule has 1 heterocycles. The fraction of sp³-hybridized carbons (Fsp3) is 0.214. The van der Waals surface area contributed by atoms with E-state index < -0.39 is 0 Å². The summed E-state index contributed by atoms with van der Waals surface area (Å²) in [7, 11) is 1.63. The molecule has 0 bridgehead atoms. The first-order chi connectivity index (χ1) is 16.8. The maximum absolute atomic E-state index is 13.0. The van der Waals surface area contributed by atoms with Crippen LogP contribution in [0.3, 0.4) is 0 Å². The molecule has 4 rings (SSSR count). The average Bonchev–Trinajstić information content (AvgIpc) is 3.12. The maximum atomic E-state index is 13.0. The van der Waals surface area contributed by atoms with Crippen molar-refractivity contribution in [1.82, 2.24) is 5.32 Å². The summed E-state index contributed by atoms with van der Waals surface area (Å²) >= 11 is 11.8. The molecule has 0 saturated carbocycles. The number of methoxy groups -OCH3 is 1. The van der Waals surface area contributed by atoms with E-state index >= 15 is 0 Å². The van der Waals surface area contributed by atoms with Crippen LogP contribution in [-0.2, 0) is 11.4 Å². The van der Waals surface area contributed by atoms with E-state index in [0.29, 0.717) is 23.2 Å². The Labute approximate surface area is 216 Å². The molecule has 0 unspecified atom stereocenters. The molecule has 180 valence electrons. The van der Waals surface area contributed by atoms with Crippen LogP contribution in [0.5, 0.6) is 11.5 Å². The highest BCUT2D eigenvalue weighted by Gasteiger charge is 2.31. The zero-order valence-electron chi connectivity index (χ0n) is 20.1. The molecule has 1 amide bonds. The Hall–Kier alpha value is -3.35. The Morgan fingerprint density at radius 3 is 2.51 bits per heavy atom. The van der Waals surface area contributed by atoms with Gasteiger partial charge in [-0.3, -0.25) is 9.69 Å². The van der Waals surface area contributed by atoms with Crippen LogP contribution in [0.1, 0.15) is 42.0 Å². The summed E-state index contributed by atoms with van der Waals surface area (Å²) in [4.78, 5) is 14.5. The van der Waals surface area contributed by atoms with Crippen LogP contribution in [0.25, 0.3) is 6.08 Å². The van der Waals surface area contributed by atoms with Gasteiger partial charge in [-0.2, -0.15) is 0 Å². The lowest BCUT2D eigenvalue weighted by Crippen LogP contribution is -2.30. The fourth-order valence-corrected chi connectivity index (χ4v) is 4.39. The molecule has 0 spiro atoms. The lowest BCUT2D eigenvalue weighted by molar-refractivity contribution is -0.113. The van der Waals surface area contributed by atoms with Gasteiger partial charge in [0.05, 0.1) is 12.8 Å². The smallest absolute Gasteiger partial charge is 0.281 e. The first-order valence-electron chi connectivity index (χ1n) is 11.3. The number of halogens is 1. The molecule has 1 aliphatic heterocycles. The quantitative estimate of drug-likeness (QED) is 0.288. The molecular weight excluding hydrogens is 480 g/mol. The third-order valence-electron chi connectivity index (χ3n) is 5.80. The molecule has 0 radical (unpaired) electrons. The summed E-state index contributed by atoms with van der Waals surface area (Å²) in [5, 5.41) is 4.11. The first kappa shape index (κ1) is 24.8. The van der Waals surface area contributed by atoms with E-state index in [-0.39, 0.29) is 11.8 Å². The number of thiocarbonyl (C=S) groups is 1. The second kappa shape index (κ2) is 10.5. The molecular formula is C28H27ClN2O3S. The van der Waals surface area contributed by atoms with Gasteiger partial charge in [0.1, 0.15) is 23.8 Å². The number of anilines is 1. The topological polar surface area (TPSA) is 50.8 Å². The normalized spacial score (nSPS) is 14.6. The SMILES string of the molecule is COc1ccc(/C=C2/NC(=S)N(c3ccccc3)C2=O)cc1COc1cc(C)c(Cl)cc1C(C)C. The van der Waals surface area contributed by atoms with E-state index in [2.05, 4.69) is 19.2 Å². The second-order valence-corrected chi connectivity index (χ2v) is 9.41. The third kappa shape index (κ3) is 5.34. The van der Waals surface area contributed by atoms with Crippen molar-refractivity contribution in [2.24, 2.45) is 0 Å². The number of carbonyl (C=O) groups excluding carboxylic acids is 1. The van der Waals surface area contributed by atoms with Crippen LogP contribution in [0, 0.1) is 6.92 Å². The summed E-state index contributed by atoms with van der Waals surface area (Å²) in [5.41, 5.74) is 4.83. The van der Waals surface area contributed by atoms with Gasteiger partial charge in [-0.15, -0.1) is 0 Å². The lowest BCUT2D eigenvalue weighted by atomic mass is 10.0. The van der Waals surface area contributed by atoms with Crippen molar-refractivity contribution >= 4 is 46.6 Å². The van der Waals surface area contributed by atoms with Crippen molar-refractivity contribution in [3.63, 3.8) is 0 Å². The highest BCUT2D eigenvalue weighted by Crippen LogP contribution is 2.33. The van der Waals surface area contributed by atoms with Crippen LogP contribution in [0.15, 0.2) is 66.4 Å². The Balaban J connectivity index is 1.60. The maximum Gasteiger partial charge on any atom is 0.281 e. The molecule has 0 aliphatic carbocycles. The predicted molar refractivity (Wildman–Crippen MR) is 145 cm³/mol. The Morgan fingerprint density at radius 1 is 1.09 bits per heavy atom. The van der Waals surface area contributed by atoms with Crippen LogP contribution >= 0.6 is 23.8 Å². The number of hydrogen-bond acceptors (Lipinski definition) is 4.